The summed E-state index contributed by atoms with van der Waals surface area (Å²) in [5.74, 6) is 2.23. The number of methoxy groups -OCH3 is 2. The van der Waals surface area contributed by atoms with Gasteiger partial charge in [-0.15, -0.1) is 16.4 Å². The normalized spacial score (nSPS) is 19.3. The monoisotopic (exact) mass is 424 g/mol. The van der Waals surface area contributed by atoms with Crippen molar-refractivity contribution in [1.82, 2.24) is 14.6 Å². The van der Waals surface area contributed by atoms with Gasteiger partial charge in [0.1, 0.15) is 11.5 Å². The molecule has 156 valence electrons. The molecule has 0 bridgehead atoms. The molecule has 0 amide bonds. The average molecular weight is 425 g/mol. The van der Waals surface area contributed by atoms with Crippen LogP contribution in [0.1, 0.15) is 25.7 Å². The summed E-state index contributed by atoms with van der Waals surface area (Å²) in [6, 6.07) is 10.3. The van der Waals surface area contributed by atoms with E-state index in [4.69, 9.17) is 14.6 Å². The van der Waals surface area contributed by atoms with E-state index in [0.29, 0.717) is 5.75 Å². The molecule has 0 saturated heterocycles. The Balaban J connectivity index is 1.51. The first-order chi connectivity index (χ1) is 14.6. The molecule has 1 aliphatic carbocycles. The number of aliphatic hydroxyl groups excluding tert-OH is 1. The zero-order valence-corrected chi connectivity index (χ0v) is 17.8. The van der Waals surface area contributed by atoms with Crippen molar-refractivity contribution in [1.29, 1.82) is 0 Å². The molecule has 1 saturated carbocycles. The number of nitrogens with zero attached hydrogens (tertiary/aromatic N) is 3. The van der Waals surface area contributed by atoms with Crippen molar-refractivity contribution in [2.45, 2.75) is 37.8 Å². The minimum atomic E-state index is -0.226. The summed E-state index contributed by atoms with van der Waals surface area (Å²) in [5.41, 5.74) is 1.74. The van der Waals surface area contributed by atoms with E-state index in [1.54, 1.807) is 25.6 Å². The number of hydrogen-bond acceptors (Lipinski definition) is 7. The molecule has 4 aromatic rings. The van der Waals surface area contributed by atoms with Gasteiger partial charge >= 0.3 is 0 Å². The third-order valence-electron chi connectivity index (χ3n) is 5.64. The Morgan fingerprint density at radius 3 is 2.77 bits per heavy atom. The Kier molecular flexibility index (Phi) is 4.96. The number of nitrogens with one attached hydrogen (secondary N) is 1. The molecule has 7 nitrogen and oxygen atoms in total. The molecule has 8 heteroatoms. The van der Waals surface area contributed by atoms with Crippen molar-refractivity contribution in [3.63, 3.8) is 0 Å². The standard InChI is InChI=1S/C22H24N4O3S/c1-28-17-8-13-9-20(30-19(13)11-18(17)29-2)16-12-23-22-7-6-21(25-26(16)22)24-14-4-3-5-15(27)10-14/h6-9,11-12,14-15,27H,3-5,10H2,1-2H3,(H,24,25)/t14-,15?/m1/s1. The van der Waals surface area contributed by atoms with Crippen molar-refractivity contribution < 1.29 is 14.6 Å². The van der Waals surface area contributed by atoms with Crippen molar-refractivity contribution in [2.75, 3.05) is 19.5 Å². The smallest absolute Gasteiger partial charge is 0.162 e. The van der Waals surface area contributed by atoms with Gasteiger partial charge < -0.3 is 19.9 Å². The van der Waals surface area contributed by atoms with Gasteiger partial charge in [-0.2, -0.15) is 0 Å². The van der Waals surface area contributed by atoms with Crippen molar-refractivity contribution in [2.24, 2.45) is 0 Å². The molecule has 1 aliphatic rings. The molecule has 1 aromatic carbocycles. The highest BCUT2D eigenvalue weighted by Crippen LogP contribution is 2.39. The van der Waals surface area contributed by atoms with Gasteiger partial charge in [0.15, 0.2) is 17.1 Å². The Labute approximate surface area is 178 Å². The number of hydrogen-bond donors (Lipinski definition) is 2. The molecular weight excluding hydrogens is 400 g/mol. The lowest BCUT2D eigenvalue weighted by Crippen LogP contribution is -2.30. The third kappa shape index (κ3) is 3.46. The fraction of sp³-hybridized carbons (Fsp3) is 0.364. The molecule has 3 heterocycles. The molecule has 0 spiro atoms. The Morgan fingerprint density at radius 1 is 1.13 bits per heavy atom. The summed E-state index contributed by atoms with van der Waals surface area (Å²) in [6.07, 6.45) is 5.36. The molecule has 2 atom stereocenters. The summed E-state index contributed by atoms with van der Waals surface area (Å²) >= 11 is 1.67. The van der Waals surface area contributed by atoms with Crippen LogP contribution < -0.4 is 14.8 Å². The van der Waals surface area contributed by atoms with Gasteiger partial charge in [-0.05, 0) is 55.3 Å². The lowest BCUT2D eigenvalue weighted by atomic mass is 9.93. The van der Waals surface area contributed by atoms with E-state index in [-0.39, 0.29) is 12.1 Å². The highest BCUT2D eigenvalue weighted by molar-refractivity contribution is 7.22. The van der Waals surface area contributed by atoms with Gasteiger partial charge in [0.25, 0.3) is 0 Å². The van der Waals surface area contributed by atoms with E-state index in [9.17, 15) is 5.11 Å². The van der Waals surface area contributed by atoms with E-state index in [2.05, 4.69) is 16.4 Å². The number of rotatable bonds is 5. The first-order valence-electron chi connectivity index (χ1n) is 10.1. The average Bonchev–Trinajstić information content (AvgIpc) is 3.35. The summed E-state index contributed by atoms with van der Waals surface area (Å²) in [5, 5.41) is 19.3. The SMILES string of the molecule is COc1cc2cc(-c3cnc4ccc(N[C@@H]5CCCC(O)C5)nn34)sc2cc1OC. The summed E-state index contributed by atoms with van der Waals surface area (Å²) in [4.78, 5) is 5.60. The van der Waals surface area contributed by atoms with Gasteiger partial charge in [0.05, 0.1) is 31.4 Å². The number of ether oxygens (including phenoxy) is 2. The minimum Gasteiger partial charge on any atom is -0.493 e. The second-order valence-electron chi connectivity index (χ2n) is 7.65. The third-order valence-corrected chi connectivity index (χ3v) is 6.76. The Hall–Kier alpha value is -2.84. The molecule has 0 aliphatic heterocycles. The van der Waals surface area contributed by atoms with Crippen LogP contribution >= 0.6 is 11.3 Å². The zero-order valence-electron chi connectivity index (χ0n) is 17.0. The highest BCUT2D eigenvalue weighted by Gasteiger charge is 2.21. The first-order valence-corrected chi connectivity index (χ1v) is 10.9. The van der Waals surface area contributed by atoms with Gasteiger partial charge in [-0.25, -0.2) is 9.50 Å². The van der Waals surface area contributed by atoms with Crippen LogP contribution in [0.25, 0.3) is 26.3 Å². The maximum absolute atomic E-state index is 9.94. The van der Waals surface area contributed by atoms with Gasteiger partial charge in [0, 0.05) is 16.8 Å². The molecule has 1 fully saturated rings. The van der Waals surface area contributed by atoms with Crippen molar-refractivity contribution >= 4 is 32.9 Å². The molecule has 2 N–H and O–H groups in total. The quantitative estimate of drug-likeness (QED) is 0.496. The summed E-state index contributed by atoms with van der Waals surface area (Å²) in [7, 11) is 3.29. The second kappa shape index (κ2) is 7.77. The Morgan fingerprint density at radius 2 is 1.97 bits per heavy atom. The maximum atomic E-state index is 9.94. The van der Waals surface area contributed by atoms with Crippen molar-refractivity contribution in [3.8, 4) is 22.1 Å². The molecule has 5 rings (SSSR count). The van der Waals surface area contributed by atoms with E-state index in [1.807, 2.05) is 35.0 Å². The lowest BCUT2D eigenvalue weighted by molar-refractivity contribution is 0.124. The molecule has 0 radical (unpaired) electrons. The van der Waals surface area contributed by atoms with E-state index < -0.39 is 0 Å². The number of thiophene rings is 1. The zero-order chi connectivity index (χ0) is 20.7. The van der Waals surface area contributed by atoms with Gasteiger partial charge in [-0.3, -0.25) is 0 Å². The van der Waals surface area contributed by atoms with E-state index in [0.717, 1.165) is 63.6 Å². The summed E-state index contributed by atoms with van der Waals surface area (Å²) in [6.45, 7) is 0. The number of anilines is 1. The summed E-state index contributed by atoms with van der Waals surface area (Å²) < 4.78 is 13.9. The predicted molar refractivity (Wildman–Crippen MR) is 119 cm³/mol. The predicted octanol–water partition coefficient (Wildman–Crippen LogP) is 4.34. The molecule has 30 heavy (non-hydrogen) atoms. The van der Waals surface area contributed by atoms with Crippen LogP contribution in [0.4, 0.5) is 5.82 Å². The fourth-order valence-electron chi connectivity index (χ4n) is 4.12. The Bertz CT molecular complexity index is 1160. The van der Waals surface area contributed by atoms with Crippen molar-refractivity contribution in [3.05, 3.63) is 36.5 Å². The van der Waals surface area contributed by atoms with Gasteiger partial charge in [-0.1, -0.05) is 0 Å². The lowest BCUT2D eigenvalue weighted by Gasteiger charge is -2.26. The van der Waals surface area contributed by atoms with Crippen LogP contribution in [0.5, 0.6) is 11.5 Å². The minimum absolute atomic E-state index is 0.226. The maximum Gasteiger partial charge on any atom is 0.162 e. The molecule has 3 aromatic heterocycles. The van der Waals surface area contributed by atoms with Crippen LogP contribution in [-0.4, -0.2) is 46.1 Å². The largest absolute Gasteiger partial charge is 0.493 e. The number of benzene rings is 1. The van der Waals surface area contributed by atoms with Crippen LogP contribution in [0.3, 0.4) is 0 Å². The second-order valence-corrected chi connectivity index (χ2v) is 8.73. The van der Waals surface area contributed by atoms with Gasteiger partial charge in [0.2, 0.25) is 0 Å². The number of fused-ring (bicyclic) bond motifs is 2. The highest BCUT2D eigenvalue weighted by atomic mass is 32.1. The topological polar surface area (TPSA) is 80.9 Å². The van der Waals surface area contributed by atoms with Crippen LogP contribution in [0.15, 0.2) is 36.5 Å². The molecular formula is C22H24N4O3S. The number of imidazole rings is 1. The number of aliphatic hydroxyl groups is 1. The van der Waals surface area contributed by atoms with E-state index >= 15 is 0 Å². The first kappa shape index (κ1) is 19.1. The fourth-order valence-corrected chi connectivity index (χ4v) is 5.18. The van der Waals surface area contributed by atoms with E-state index in [1.165, 1.54) is 0 Å². The van der Waals surface area contributed by atoms with Crippen LogP contribution in [0, 0.1) is 0 Å². The van der Waals surface area contributed by atoms with Crippen LogP contribution in [0.2, 0.25) is 0 Å². The number of aromatic nitrogens is 3. The van der Waals surface area contributed by atoms with Crippen LogP contribution in [-0.2, 0) is 0 Å². The molecule has 1 unspecified atom stereocenters.